The smallest absolute Gasteiger partial charge is 0.337 e. The summed E-state index contributed by atoms with van der Waals surface area (Å²) in [5.74, 6) is 1.30. The quantitative estimate of drug-likeness (QED) is 0.768. The Labute approximate surface area is 189 Å². The number of nitrogens with one attached hydrogen (secondary N) is 2. The second kappa shape index (κ2) is 9.48. The van der Waals surface area contributed by atoms with Gasteiger partial charge in [-0.3, -0.25) is 0 Å². The monoisotopic (exact) mass is 437 g/mol. The van der Waals surface area contributed by atoms with Crippen molar-refractivity contribution in [3.05, 3.63) is 53.1 Å². The zero-order valence-electron chi connectivity index (χ0n) is 19.1. The number of hydrogen-bond donors (Lipinski definition) is 2. The third kappa shape index (κ3) is 4.23. The van der Waals surface area contributed by atoms with E-state index in [1.807, 2.05) is 19.1 Å². The molecule has 2 aromatic carbocycles. The standard InChI is InChI=1S/C24H31N5O3/c1-16-13-18-14-21(31-3)22(32-4)15-20(18)23(27-29(16)24(30)25-2)17-5-7-19(8-6-17)28-11-9-26-10-12-28/h5-8,14-16,26H,9-13H2,1-4H3,(H,25,30)/t16-/m1/s1. The fourth-order valence-corrected chi connectivity index (χ4v) is 4.30. The summed E-state index contributed by atoms with van der Waals surface area (Å²) in [6.45, 7) is 5.95. The van der Waals surface area contributed by atoms with Gasteiger partial charge >= 0.3 is 6.03 Å². The molecule has 0 aliphatic carbocycles. The number of nitrogens with zero attached hydrogens (tertiary/aromatic N) is 3. The summed E-state index contributed by atoms with van der Waals surface area (Å²) in [5, 5.41) is 12.4. The average molecular weight is 438 g/mol. The van der Waals surface area contributed by atoms with E-state index in [0.717, 1.165) is 48.6 Å². The van der Waals surface area contributed by atoms with Crippen molar-refractivity contribution < 1.29 is 14.3 Å². The van der Waals surface area contributed by atoms with Gasteiger partial charge in [0.05, 0.1) is 26.0 Å². The van der Waals surface area contributed by atoms with Gasteiger partial charge in [0, 0.05) is 50.0 Å². The zero-order valence-corrected chi connectivity index (χ0v) is 19.1. The Morgan fingerprint density at radius 1 is 1.09 bits per heavy atom. The van der Waals surface area contributed by atoms with Crippen LogP contribution in [0.2, 0.25) is 0 Å². The molecule has 0 spiro atoms. The summed E-state index contributed by atoms with van der Waals surface area (Å²) >= 11 is 0. The average Bonchev–Trinajstić information content (AvgIpc) is 2.98. The van der Waals surface area contributed by atoms with Crippen LogP contribution in [0.5, 0.6) is 11.5 Å². The highest BCUT2D eigenvalue weighted by Crippen LogP contribution is 2.34. The van der Waals surface area contributed by atoms with E-state index in [1.54, 1.807) is 21.3 Å². The predicted molar refractivity (Wildman–Crippen MR) is 126 cm³/mol. The maximum Gasteiger partial charge on any atom is 0.337 e. The highest BCUT2D eigenvalue weighted by molar-refractivity contribution is 6.14. The second-order valence-corrected chi connectivity index (χ2v) is 8.05. The number of hydrazone groups is 1. The van der Waals surface area contributed by atoms with Gasteiger partial charge in [0.1, 0.15) is 0 Å². The minimum atomic E-state index is -0.237. The molecule has 2 heterocycles. The molecule has 0 saturated carbocycles. The van der Waals surface area contributed by atoms with Gasteiger partial charge < -0.3 is 25.0 Å². The normalized spacial score (nSPS) is 18.4. The fourth-order valence-electron chi connectivity index (χ4n) is 4.30. The molecule has 170 valence electrons. The highest BCUT2D eigenvalue weighted by Gasteiger charge is 2.28. The maximum atomic E-state index is 12.6. The van der Waals surface area contributed by atoms with Crippen LogP contribution < -0.4 is 25.0 Å². The first-order valence-electron chi connectivity index (χ1n) is 11.0. The first-order chi connectivity index (χ1) is 15.5. The van der Waals surface area contributed by atoms with E-state index < -0.39 is 0 Å². The van der Waals surface area contributed by atoms with Crippen LogP contribution in [0.15, 0.2) is 41.5 Å². The Morgan fingerprint density at radius 3 is 2.38 bits per heavy atom. The van der Waals surface area contributed by atoms with E-state index in [2.05, 4.69) is 39.8 Å². The van der Waals surface area contributed by atoms with E-state index in [9.17, 15) is 4.79 Å². The van der Waals surface area contributed by atoms with Crippen LogP contribution in [-0.2, 0) is 6.42 Å². The van der Waals surface area contributed by atoms with Gasteiger partial charge in [-0.15, -0.1) is 0 Å². The van der Waals surface area contributed by atoms with E-state index in [1.165, 1.54) is 10.7 Å². The third-order valence-electron chi connectivity index (χ3n) is 6.05. The van der Waals surface area contributed by atoms with E-state index in [4.69, 9.17) is 14.6 Å². The van der Waals surface area contributed by atoms with Crippen LogP contribution in [0.25, 0.3) is 0 Å². The van der Waals surface area contributed by atoms with Crippen LogP contribution in [0.4, 0.5) is 10.5 Å². The van der Waals surface area contributed by atoms with E-state index >= 15 is 0 Å². The fraction of sp³-hybridized carbons (Fsp3) is 0.417. The summed E-state index contributed by atoms with van der Waals surface area (Å²) in [6.07, 6.45) is 0.648. The molecule has 8 nitrogen and oxygen atoms in total. The topological polar surface area (TPSA) is 78.4 Å². The molecule has 2 N–H and O–H groups in total. The lowest BCUT2D eigenvalue weighted by atomic mass is 9.94. The number of anilines is 1. The van der Waals surface area contributed by atoms with Crippen LogP contribution in [0, 0.1) is 0 Å². The number of urea groups is 1. The van der Waals surface area contributed by atoms with E-state index in [0.29, 0.717) is 17.9 Å². The van der Waals surface area contributed by atoms with Gasteiger partial charge in [-0.2, -0.15) is 5.10 Å². The lowest BCUT2D eigenvalue weighted by Crippen LogP contribution is -2.43. The molecule has 1 saturated heterocycles. The van der Waals surface area contributed by atoms with Crippen molar-refractivity contribution in [3.8, 4) is 11.5 Å². The predicted octanol–water partition coefficient (Wildman–Crippen LogP) is 2.45. The SMILES string of the molecule is CNC(=O)N1N=C(c2ccc(N3CCNCC3)cc2)c2cc(OC)c(OC)cc2C[C@H]1C. The molecule has 4 rings (SSSR count). The number of piperazine rings is 1. The number of methoxy groups -OCH3 is 2. The minimum absolute atomic E-state index is 0.121. The van der Waals surface area contributed by atoms with Crippen molar-refractivity contribution in [1.82, 2.24) is 15.6 Å². The summed E-state index contributed by atoms with van der Waals surface area (Å²) in [4.78, 5) is 15.0. The Hall–Kier alpha value is -3.26. The van der Waals surface area contributed by atoms with Crippen molar-refractivity contribution in [2.45, 2.75) is 19.4 Å². The molecule has 0 radical (unpaired) electrons. The molecule has 1 atom stereocenters. The van der Waals surface area contributed by atoms with Gasteiger partial charge in [-0.05, 0) is 43.2 Å². The molecule has 1 fully saturated rings. The molecule has 0 bridgehead atoms. The summed E-state index contributed by atoms with van der Waals surface area (Å²) in [6, 6.07) is 12.0. The number of rotatable bonds is 4. The van der Waals surface area contributed by atoms with Gasteiger partial charge in [-0.1, -0.05) is 12.1 Å². The molecule has 0 unspecified atom stereocenters. The Bertz CT molecular complexity index is 999. The minimum Gasteiger partial charge on any atom is -0.493 e. The summed E-state index contributed by atoms with van der Waals surface area (Å²) < 4.78 is 11.1. The lowest BCUT2D eigenvalue weighted by Gasteiger charge is -2.29. The molecule has 8 heteroatoms. The Morgan fingerprint density at radius 2 is 1.75 bits per heavy atom. The van der Waals surface area contributed by atoms with Crippen LogP contribution in [-0.4, -0.2) is 70.2 Å². The largest absolute Gasteiger partial charge is 0.493 e. The number of carbonyl (C=O) groups is 1. The summed E-state index contributed by atoms with van der Waals surface area (Å²) in [7, 11) is 4.88. The van der Waals surface area contributed by atoms with Crippen molar-refractivity contribution in [2.24, 2.45) is 5.10 Å². The lowest BCUT2D eigenvalue weighted by molar-refractivity contribution is 0.184. The number of ether oxygens (including phenoxy) is 2. The number of amides is 2. The van der Waals surface area contributed by atoms with Crippen LogP contribution in [0.3, 0.4) is 0 Å². The van der Waals surface area contributed by atoms with Crippen molar-refractivity contribution in [3.63, 3.8) is 0 Å². The van der Waals surface area contributed by atoms with Crippen molar-refractivity contribution in [1.29, 1.82) is 0 Å². The molecule has 0 aromatic heterocycles. The maximum absolute atomic E-state index is 12.6. The van der Waals surface area contributed by atoms with Crippen LogP contribution >= 0.6 is 0 Å². The van der Waals surface area contributed by atoms with Gasteiger partial charge in [0.2, 0.25) is 0 Å². The number of carbonyl (C=O) groups excluding carboxylic acids is 1. The van der Waals surface area contributed by atoms with E-state index in [-0.39, 0.29) is 12.1 Å². The van der Waals surface area contributed by atoms with Gasteiger partial charge in [0.15, 0.2) is 11.5 Å². The first kappa shape index (κ1) is 22.0. The number of benzene rings is 2. The van der Waals surface area contributed by atoms with Crippen molar-refractivity contribution in [2.75, 3.05) is 52.3 Å². The molecular weight excluding hydrogens is 406 g/mol. The van der Waals surface area contributed by atoms with Crippen molar-refractivity contribution >= 4 is 17.4 Å². The molecule has 2 aromatic rings. The van der Waals surface area contributed by atoms with Crippen LogP contribution in [0.1, 0.15) is 23.6 Å². The highest BCUT2D eigenvalue weighted by atomic mass is 16.5. The number of fused-ring (bicyclic) bond motifs is 1. The second-order valence-electron chi connectivity index (χ2n) is 8.05. The first-order valence-corrected chi connectivity index (χ1v) is 11.0. The number of hydrogen-bond acceptors (Lipinski definition) is 6. The zero-order chi connectivity index (χ0) is 22.7. The Balaban J connectivity index is 1.80. The molecule has 32 heavy (non-hydrogen) atoms. The Kier molecular flexibility index (Phi) is 6.50. The molecule has 2 aliphatic heterocycles. The summed E-state index contributed by atoms with van der Waals surface area (Å²) in [5.41, 5.74) is 4.87. The molecule has 2 aliphatic rings. The van der Waals surface area contributed by atoms with Gasteiger partial charge in [0.25, 0.3) is 0 Å². The third-order valence-corrected chi connectivity index (χ3v) is 6.05. The molecular formula is C24H31N5O3. The van der Waals surface area contributed by atoms with Gasteiger partial charge in [-0.25, -0.2) is 9.80 Å². The molecule has 2 amide bonds.